The molecule has 0 aliphatic heterocycles. The van der Waals surface area contributed by atoms with E-state index in [9.17, 15) is 9.59 Å². The van der Waals surface area contributed by atoms with Crippen LogP contribution in [0, 0.1) is 5.41 Å². The summed E-state index contributed by atoms with van der Waals surface area (Å²) in [6.07, 6.45) is 2.41. The molecule has 0 spiro atoms. The van der Waals surface area contributed by atoms with Crippen molar-refractivity contribution < 1.29 is 9.59 Å². The van der Waals surface area contributed by atoms with E-state index in [4.69, 9.17) is 0 Å². The summed E-state index contributed by atoms with van der Waals surface area (Å²) in [5.41, 5.74) is -0.764. The van der Waals surface area contributed by atoms with Crippen LogP contribution in [-0.2, 0) is 9.59 Å². The Bertz CT molecular complexity index is 262. The van der Waals surface area contributed by atoms with Gasteiger partial charge in [0.15, 0.2) is 0 Å². The highest BCUT2D eigenvalue weighted by Crippen LogP contribution is 2.45. The summed E-state index contributed by atoms with van der Waals surface area (Å²) >= 11 is 0. The first-order valence-corrected chi connectivity index (χ1v) is 5.88. The number of carbonyl (C=O) groups is 2. The molecule has 0 atom stereocenters. The normalized spacial score (nSPS) is 16.6. The van der Waals surface area contributed by atoms with Crippen LogP contribution >= 0.6 is 0 Å². The molecule has 0 unspecified atom stereocenters. The third-order valence-corrected chi connectivity index (χ3v) is 2.86. The predicted octanol–water partition coefficient (Wildman–Crippen LogP) is -0.372. The fraction of sp³-hybridized carbons (Fsp3) is 0.818. The predicted molar refractivity (Wildman–Crippen MR) is 61.9 cm³/mol. The van der Waals surface area contributed by atoms with E-state index in [0.29, 0.717) is 19.4 Å². The maximum atomic E-state index is 11.8. The van der Waals surface area contributed by atoms with Crippen molar-refractivity contribution in [1.29, 1.82) is 0 Å². The average Bonchev–Trinajstić information content (AvgIpc) is 3.08. The average molecular weight is 227 g/mol. The highest BCUT2D eigenvalue weighted by Gasteiger charge is 2.55. The number of hydrogen-bond donors (Lipinski definition) is 3. The quantitative estimate of drug-likeness (QED) is 0.410. The molecule has 1 aliphatic rings. The van der Waals surface area contributed by atoms with E-state index < -0.39 is 5.41 Å². The van der Waals surface area contributed by atoms with Gasteiger partial charge in [0.25, 0.3) is 0 Å². The monoisotopic (exact) mass is 227 g/mol. The van der Waals surface area contributed by atoms with Crippen molar-refractivity contribution in [1.82, 2.24) is 16.0 Å². The van der Waals surface area contributed by atoms with E-state index in [1.165, 1.54) is 0 Å². The lowest BCUT2D eigenvalue weighted by molar-refractivity contribution is -0.136. The zero-order valence-electron chi connectivity index (χ0n) is 10.1. The van der Waals surface area contributed by atoms with E-state index in [2.05, 4.69) is 22.9 Å². The first-order chi connectivity index (χ1) is 7.67. The first kappa shape index (κ1) is 13.0. The van der Waals surface area contributed by atoms with Crippen LogP contribution in [0.4, 0.5) is 0 Å². The van der Waals surface area contributed by atoms with Crippen molar-refractivity contribution >= 4 is 11.8 Å². The second-order valence-electron chi connectivity index (χ2n) is 4.17. The van der Waals surface area contributed by atoms with Crippen LogP contribution in [0.2, 0.25) is 0 Å². The van der Waals surface area contributed by atoms with Gasteiger partial charge in [0.1, 0.15) is 5.41 Å². The molecular weight excluding hydrogens is 206 g/mol. The van der Waals surface area contributed by atoms with Gasteiger partial charge in [0.2, 0.25) is 11.8 Å². The molecule has 0 bridgehead atoms. The summed E-state index contributed by atoms with van der Waals surface area (Å²) in [5, 5.41) is 8.53. The van der Waals surface area contributed by atoms with Crippen LogP contribution in [0.5, 0.6) is 0 Å². The molecule has 1 saturated carbocycles. The molecule has 16 heavy (non-hydrogen) atoms. The topological polar surface area (TPSA) is 70.2 Å². The van der Waals surface area contributed by atoms with Crippen LogP contribution in [0.3, 0.4) is 0 Å². The molecule has 0 aromatic carbocycles. The van der Waals surface area contributed by atoms with E-state index in [1.54, 1.807) is 7.05 Å². The van der Waals surface area contributed by atoms with E-state index in [0.717, 1.165) is 19.5 Å². The molecule has 92 valence electrons. The van der Waals surface area contributed by atoms with Crippen LogP contribution in [0.1, 0.15) is 26.2 Å². The maximum absolute atomic E-state index is 11.8. The Hall–Kier alpha value is -1.10. The fourth-order valence-corrected chi connectivity index (χ4v) is 1.66. The van der Waals surface area contributed by atoms with Gasteiger partial charge >= 0.3 is 0 Å². The van der Waals surface area contributed by atoms with Crippen molar-refractivity contribution in [3.63, 3.8) is 0 Å². The van der Waals surface area contributed by atoms with Crippen molar-refractivity contribution in [3.05, 3.63) is 0 Å². The Labute approximate surface area is 96.4 Å². The lowest BCUT2D eigenvalue weighted by atomic mass is 10.1. The number of nitrogens with one attached hydrogen (secondary N) is 3. The number of hydrogen-bond acceptors (Lipinski definition) is 3. The second-order valence-corrected chi connectivity index (χ2v) is 4.17. The van der Waals surface area contributed by atoms with Crippen LogP contribution in [0.25, 0.3) is 0 Å². The zero-order chi connectivity index (χ0) is 12.0. The second kappa shape index (κ2) is 5.84. The smallest absolute Gasteiger partial charge is 0.235 e. The molecule has 1 fully saturated rings. The third-order valence-electron chi connectivity index (χ3n) is 2.86. The summed E-state index contributed by atoms with van der Waals surface area (Å²) < 4.78 is 0. The Kier molecular flexibility index (Phi) is 4.73. The first-order valence-electron chi connectivity index (χ1n) is 5.88. The molecule has 1 rings (SSSR count). The van der Waals surface area contributed by atoms with Crippen LogP contribution < -0.4 is 16.0 Å². The standard InChI is InChI=1S/C11H21N3O2/c1-3-6-13-7-8-14-10(16)11(4-5-11)9(15)12-2/h13H,3-8H2,1-2H3,(H,12,15)(H,14,16). The summed E-state index contributed by atoms with van der Waals surface area (Å²) in [6, 6.07) is 0. The summed E-state index contributed by atoms with van der Waals surface area (Å²) in [6.45, 7) is 4.38. The van der Waals surface area contributed by atoms with Gasteiger partial charge in [-0.25, -0.2) is 0 Å². The molecular formula is C11H21N3O2. The fourth-order valence-electron chi connectivity index (χ4n) is 1.66. The van der Waals surface area contributed by atoms with E-state index in [1.807, 2.05) is 0 Å². The Morgan fingerprint density at radius 2 is 1.81 bits per heavy atom. The van der Waals surface area contributed by atoms with Crippen LogP contribution in [0.15, 0.2) is 0 Å². The summed E-state index contributed by atoms with van der Waals surface area (Å²) in [4.78, 5) is 23.2. The Balaban J connectivity index is 2.22. The third kappa shape index (κ3) is 2.95. The van der Waals surface area contributed by atoms with E-state index >= 15 is 0 Å². The number of rotatable bonds is 7. The molecule has 5 heteroatoms. The molecule has 0 radical (unpaired) electrons. The molecule has 1 aliphatic carbocycles. The Morgan fingerprint density at radius 3 is 2.31 bits per heavy atom. The van der Waals surface area contributed by atoms with Crippen molar-refractivity contribution in [2.24, 2.45) is 5.41 Å². The van der Waals surface area contributed by atoms with Gasteiger partial charge < -0.3 is 16.0 Å². The molecule has 5 nitrogen and oxygen atoms in total. The molecule has 0 aromatic rings. The molecule has 0 aromatic heterocycles. The highest BCUT2D eigenvalue weighted by molar-refractivity contribution is 6.07. The van der Waals surface area contributed by atoms with Gasteiger partial charge in [0, 0.05) is 20.1 Å². The van der Waals surface area contributed by atoms with Crippen LogP contribution in [-0.4, -0.2) is 38.5 Å². The minimum absolute atomic E-state index is 0.134. The molecule has 2 amide bonds. The number of amides is 2. The molecule has 0 heterocycles. The van der Waals surface area contributed by atoms with Gasteiger partial charge in [-0.15, -0.1) is 0 Å². The van der Waals surface area contributed by atoms with Crippen molar-refractivity contribution in [3.8, 4) is 0 Å². The minimum Gasteiger partial charge on any atom is -0.358 e. The van der Waals surface area contributed by atoms with Crippen molar-refractivity contribution in [2.45, 2.75) is 26.2 Å². The van der Waals surface area contributed by atoms with Gasteiger partial charge in [-0.3, -0.25) is 9.59 Å². The highest BCUT2D eigenvalue weighted by atomic mass is 16.2. The number of carbonyl (C=O) groups excluding carboxylic acids is 2. The summed E-state index contributed by atoms with van der Waals surface area (Å²) in [5.74, 6) is -0.295. The van der Waals surface area contributed by atoms with Gasteiger partial charge in [-0.05, 0) is 25.8 Å². The minimum atomic E-state index is -0.764. The molecule has 0 saturated heterocycles. The Morgan fingerprint density at radius 1 is 1.12 bits per heavy atom. The van der Waals surface area contributed by atoms with Gasteiger partial charge in [0.05, 0.1) is 0 Å². The largest absolute Gasteiger partial charge is 0.358 e. The lowest BCUT2D eigenvalue weighted by Crippen LogP contribution is -2.43. The zero-order valence-corrected chi connectivity index (χ0v) is 10.1. The molecule has 3 N–H and O–H groups in total. The maximum Gasteiger partial charge on any atom is 0.235 e. The van der Waals surface area contributed by atoms with E-state index in [-0.39, 0.29) is 11.8 Å². The summed E-state index contributed by atoms with van der Waals surface area (Å²) in [7, 11) is 1.57. The SMILES string of the molecule is CCCNCCNC(=O)C1(C(=O)NC)CC1. The van der Waals surface area contributed by atoms with Gasteiger partial charge in [-0.2, -0.15) is 0 Å². The van der Waals surface area contributed by atoms with Crippen molar-refractivity contribution in [2.75, 3.05) is 26.7 Å². The van der Waals surface area contributed by atoms with Gasteiger partial charge in [-0.1, -0.05) is 6.92 Å². The lowest BCUT2D eigenvalue weighted by Gasteiger charge is -2.13.